The fourth-order valence-electron chi connectivity index (χ4n) is 16.3. The molecule has 0 radical (unpaired) electrons. The fourth-order valence-corrected chi connectivity index (χ4v) is 16.3. The molecule has 0 amide bonds. The van der Waals surface area contributed by atoms with Gasteiger partial charge in [-0.1, -0.05) is 191 Å². The maximum atomic E-state index is 2.66. The number of para-hydroxylation sites is 1. The molecule has 7 aliphatic carbocycles. The quantitative estimate of drug-likeness (QED) is 0.161. The van der Waals surface area contributed by atoms with Gasteiger partial charge in [0.1, 0.15) is 0 Å². The lowest BCUT2D eigenvalue weighted by Gasteiger charge is -2.61. The molecule has 0 unspecified atom stereocenters. The highest BCUT2D eigenvalue weighted by Crippen LogP contribution is 2.70. The first-order valence-electron chi connectivity index (χ1n) is 26.5. The molecule has 0 heterocycles. The Morgan fingerprint density at radius 3 is 1.48 bits per heavy atom. The van der Waals surface area contributed by atoms with Crippen LogP contribution in [0.1, 0.15) is 93.2 Å². The lowest BCUT2D eigenvalue weighted by molar-refractivity contribution is -0.0399. The maximum Gasteiger partial charge on any atom is 0.0540 e. The molecule has 4 saturated carbocycles. The minimum atomic E-state index is -0.113. The van der Waals surface area contributed by atoms with Gasteiger partial charge in [0.15, 0.2) is 0 Å². The Morgan fingerprint density at radius 2 is 0.789 bits per heavy atom. The number of anilines is 3. The number of fused-ring (bicyclic) bond motifs is 9. The number of benzene rings is 9. The summed E-state index contributed by atoms with van der Waals surface area (Å²) >= 11 is 0. The Hall–Kier alpha value is -7.22. The largest absolute Gasteiger partial charge is 0.310 e. The normalized spacial score (nSPS) is 22.6. The van der Waals surface area contributed by atoms with Gasteiger partial charge in [0, 0.05) is 33.2 Å². The number of nitrogens with zero attached hydrogens (tertiary/aromatic N) is 1. The molecule has 1 heteroatoms. The molecule has 0 aliphatic heterocycles. The van der Waals surface area contributed by atoms with Gasteiger partial charge < -0.3 is 4.90 Å². The zero-order valence-corrected chi connectivity index (χ0v) is 41.3. The topological polar surface area (TPSA) is 3.24 Å². The van der Waals surface area contributed by atoms with Gasteiger partial charge in [-0.15, -0.1) is 0 Å². The Labute approximate surface area is 419 Å². The van der Waals surface area contributed by atoms with E-state index in [0.717, 1.165) is 11.8 Å². The minimum absolute atomic E-state index is 0.0717. The van der Waals surface area contributed by atoms with E-state index in [2.05, 4.69) is 233 Å². The highest BCUT2D eigenvalue weighted by Gasteiger charge is 2.61. The summed E-state index contributed by atoms with van der Waals surface area (Å²) in [7, 11) is 0. The predicted octanol–water partition coefficient (Wildman–Crippen LogP) is 18.5. The van der Waals surface area contributed by atoms with E-state index < -0.39 is 0 Å². The highest BCUT2D eigenvalue weighted by molar-refractivity contribution is 5.95. The first-order chi connectivity index (χ1) is 34.7. The summed E-state index contributed by atoms with van der Waals surface area (Å²) in [6, 6.07) is 77.1. The minimum Gasteiger partial charge on any atom is -0.310 e. The van der Waals surface area contributed by atoms with Gasteiger partial charge in [0.05, 0.1) is 5.69 Å². The Morgan fingerprint density at radius 1 is 0.324 bits per heavy atom. The third kappa shape index (κ3) is 5.70. The van der Waals surface area contributed by atoms with Crippen LogP contribution >= 0.6 is 0 Å². The van der Waals surface area contributed by atoms with Crippen LogP contribution in [0.2, 0.25) is 0 Å². The zero-order chi connectivity index (χ0) is 47.4. The van der Waals surface area contributed by atoms with Crippen molar-refractivity contribution in [1.29, 1.82) is 0 Å². The van der Waals surface area contributed by atoms with Crippen LogP contribution < -0.4 is 4.90 Å². The van der Waals surface area contributed by atoms with E-state index in [1.54, 1.807) is 11.1 Å². The second kappa shape index (κ2) is 14.9. The van der Waals surface area contributed by atoms with E-state index in [9.17, 15) is 0 Å². The molecule has 9 aromatic rings. The molecule has 4 bridgehead atoms. The van der Waals surface area contributed by atoms with Crippen molar-refractivity contribution in [2.45, 2.75) is 76.0 Å². The average molecular weight is 914 g/mol. The molecule has 0 atom stereocenters. The molecular formula is C70H59N. The first kappa shape index (κ1) is 41.6. The van der Waals surface area contributed by atoms with Gasteiger partial charge in [0.25, 0.3) is 0 Å². The number of hydrogen-bond acceptors (Lipinski definition) is 1. The summed E-state index contributed by atoms with van der Waals surface area (Å²) in [4.78, 5) is 2.59. The van der Waals surface area contributed by atoms with Crippen molar-refractivity contribution in [3.8, 4) is 66.8 Å². The van der Waals surface area contributed by atoms with Crippen molar-refractivity contribution in [3.63, 3.8) is 0 Å². The molecule has 9 aromatic carbocycles. The monoisotopic (exact) mass is 913 g/mol. The smallest absolute Gasteiger partial charge is 0.0540 e. The SMILES string of the molecule is CC1(C)c2ccccc2-c2ccc(-c3ccccc3N(c3ccc(-c4ccccc4-c4cccc5c4C(C)(C)c4ccccc4-5)cc3)c3ccc4c(c3)C3(c5ccccc5-4)C4CC5CC(C4)CC3C5)cc21. The standard InChI is InChI=1S/C70H59N/c1-68(2)61-24-11-7-19-54(61)57-34-30-46(41-64(57)68)52-17-10-14-27-66(52)71(50-33-35-58-55-20-9-13-26-63(55)70(65(58)42-50)47-37-43-36-44(39-47)40-48(70)38-43)49-31-28-45(29-32-49)51-16-5-6-18-53(51)59-22-15-23-60-56-21-8-12-25-62(56)69(3,4)67(59)60/h5-35,41-44,47-48H,36-40H2,1-4H3. The molecule has 16 rings (SSSR count). The van der Waals surface area contributed by atoms with E-state index in [0.29, 0.717) is 11.8 Å². The van der Waals surface area contributed by atoms with Crippen molar-refractivity contribution in [1.82, 2.24) is 0 Å². The van der Waals surface area contributed by atoms with Crippen LogP contribution in [0.15, 0.2) is 200 Å². The molecule has 0 saturated heterocycles. The molecule has 1 nitrogen and oxygen atoms in total. The molecule has 4 fully saturated rings. The van der Waals surface area contributed by atoms with Gasteiger partial charge >= 0.3 is 0 Å². The number of hydrogen-bond donors (Lipinski definition) is 0. The van der Waals surface area contributed by atoms with Gasteiger partial charge in [-0.05, 0) is 187 Å². The van der Waals surface area contributed by atoms with E-state index >= 15 is 0 Å². The molecular weight excluding hydrogens is 855 g/mol. The maximum absolute atomic E-state index is 2.66. The average Bonchev–Trinajstić information content (AvgIpc) is 3.93. The third-order valence-corrected chi connectivity index (χ3v) is 19.1. The molecule has 344 valence electrons. The summed E-state index contributed by atoms with van der Waals surface area (Å²) in [5, 5.41) is 0. The zero-order valence-electron chi connectivity index (χ0n) is 41.3. The second-order valence-corrected chi connectivity index (χ2v) is 23.2. The molecule has 7 aliphatic rings. The van der Waals surface area contributed by atoms with Crippen LogP contribution in [-0.2, 0) is 16.2 Å². The van der Waals surface area contributed by atoms with Crippen LogP contribution in [0.4, 0.5) is 17.1 Å². The lowest BCUT2D eigenvalue weighted by Crippen LogP contribution is -2.55. The summed E-state index contributed by atoms with van der Waals surface area (Å²) in [6.45, 7) is 9.59. The van der Waals surface area contributed by atoms with Gasteiger partial charge in [-0.25, -0.2) is 0 Å². The van der Waals surface area contributed by atoms with E-state index in [4.69, 9.17) is 0 Å². The lowest BCUT2D eigenvalue weighted by atomic mass is 9.43. The van der Waals surface area contributed by atoms with Crippen LogP contribution in [0, 0.1) is 23.7 Å². The summed E-state index contributed by atoms with van der Waals surface area (Å²) in [6.07, 6.45) is 6.93. The summed E-state index contributed by atoms with van der Waals surface area (Å²) < 4.78 is 0. The Kier molecular flexibility index (Phi) is 8.72. The highest BCUT2D eigenvalue weighted by atomic mass is 15.1. The molecule has 0 aromatic heterocycles. The van der Waals surface area contributed by atoms with Crippen LogP contribution in [-0.4, -0.2) is 0 Å². The Balaban J connectivity index is 0.898. The molecule has 0 N–H and O–H groups in total. The van der Waals surface area contributed by atoms with Crippen molar-refractivity contribution in [2.24, 2.45) is 23.7 Å². The van der Waals surface area contributed by atoms with Crippen molar-refractivity contribution in [2.75, 3.05) is 4.90 Å². The molecule has 71 heavy (non-hydrogen) atoms. The second-order valence-electron chi connectivity index (χ2n) is 23.2. The van der Waals surface area contributed by atoms with Crippen LogP contribution in [0.25, 0.3) is 66.8 Å². The van der Waals surface area contributed by atoms with Crippen LogP contribution in [0.5, 0.6) is 0 Å². The predicted molar refractivity (Wildman–Crippen MR) is 296 cm³/mol. The van der Waals surface area contributed by atoms with E-state index in [1.807, 2.05) is 0 Å². The summed E-state index contributed by atoms with van der Waals surface area (Å²) in [5.41, 5.74) is 28.2. The first-order valence-corrected chi connectivity index (χ1v) is 26.5. The van der Waals surface area contributed by atoms with E-state index in [1.165, 1.54) is 138 Å². The fraction of sp³-hybridized carbons (Fsp3) is 0.229. The van der Waals surface area contributed by atoms with Crippen LogP contribution in [0.3, 0.4) is 0 Å². The van der Waals surface area contributed by atoms with E-state index in [-0.39, 0.29) is 16.2 Å². The van der Waals surface area contributed by atoms with Gasteiger partial charge in [0.2, 0.25) is 0 Å². The van der Waals surface area contributed by atoms with Gasteiger partial charge in [-0.2, -0.15) is 0 Å². The molecule has 1 spiro atoms. The third-order valence-electron chi connectivity index (χ3n) is 19.1. The van der Waals surface area contributed by atoms with Gasteiger partial charge in [-0.3, -0.25) is 0 Å². The Bertz CT molecular complexity index is 3650. The van der Waals surface area contributed by atoms with Crippen molar-refractivity contribution < 1.29 is 0 Å². The summed E-state index contributed by atoms with van der Waals surface area (Å²) in [5.74, 6) is 3.18. The van der Waals surface area contributed by atoms with Crippen molar-refractivity contribution >= 4 is 17.1 Å². The number of rotatable bonds is 6. The van der Waals surface area contributed by atoms with Crippen molar-refractivity contribution in [3.05, 3.63) is 234 Å².